The van der Waals surface area contributed by atoms with E-state index in [0.29, 0.717) is 12.0 Å². The summed E-state index contributed by atoms with van der Waals surface area (Å²) < 4.78 is 2.10. The Balaban J connectivity index is 2.24. The molecule has 0 spiro atoms. The van der Waals surface area contributed by atoms with E-state index in [4.69, 9.17) is 0 Å². The monoisotopic (exact) mass is 209 g/mol. The molecule has 1 N–H and O–H groups in total. The molecule has 1 atom stereocenters. The third-order valence-electron chi connectivity index (χ3n) is 2.64. The van der Waals surface area contributed by atoms with Gasteiger partial charge in [0.25, 0.3) is 0 Å². The van der Waals surface area contributed by atoms with E-state index in [9.17, 15) is 0 Å². The molecule has 3 nitrogen and oxygen atoms in total. The summed E-state index contributed by atoms with van der Waals surface area (Å²) in [4.78, 5) is 4.34. The summed E-state index contributed by atoms with van der Waals surface area (Å²) in [5.74, 6) is 1.88. The minimum Gasteiger partial charge on any atom is -0.338 e. The lowest BCUT2D eigenvalue weighted by Crippen LogP contribution is -2.25. The highest BCUT2D eigenvalue weighted by atomic mass is 15.0. The van der Waals surface area contributed by atoms with Crippen molar-refractivity contribution in [3.63, 3.8) is 0 Å². The fraction of sp³-hybridized carbons (Fsp3) is 0.750. The quantitative estimate of drug-likeness (QED) is 0.776. The van der Waals surface area contributed by atoms with Crippen LogP contribution in [0.1, 0.15) is 33.0 Å². The number of imidazole rings is 1. The number of aryl methyl sites for hydroxylation is 1. The normalized spacial score (nSPS) is 13.4. The molecule has 0 aromatic carbocycles. The number of hydrogen-bond donors (Lipinski definition) is 1. The lowest BCUT2D eigenvalue weighted by atomic mass is 10.0. The first-order valence-electron chi connectivity index (χ1n) is 5.79. The molecule has 3 heteroatoms. The van der Waals surface area contributed by atoms with Gasteiger partial charge in [-0.3, -0.25) is 0 Å². The van der Waals surface area contributed by atoms with Gasteiger partial charge in [0.1, 0.15) is 5.82 Å². The SMILES string of the molecule is CC(CCNC(C)C)Cc1nccn1C. The topological polar surface area (TPSA) is 29.9 Å². The van der Waals surface area contributed by atoms with Gasteiger partial charge in [-0.2, -0.15) is 0 Å². The van der Waals surface area contributed by atoms with Gasteiger partial charge in [0.2, 0.25) is 0 Å². The third-order valence-corrected chi connectivity index (χ3v) is 2.64. The summed E-state index contributed by atoms with van der Waals surface area (Å²) in [5, 5.41) is 3.44. The first-order chi connectivity index (χ1) is 7.09. The molecule has 1 unspecified atom stereocenters. The highest BCUT2D eigenvalue weighted by Crippen LogP contribution is 2.09. The Morgan fingerprint density at radius 3 is 2.67 bits per heavy atom. The minimum absolute atomic E-state index is 0.588. The van der Waals surface area contributed by atoms with E-state index in [1.165, 1.54) is 12.2 Å². The van der Waals surface area contributed by atoms with E-state index in [1.54, 1.807) is 0 Å². The highest BCUT2D eigenvalue weighted by molar-refractivity contribution is 4.92. The fourth-order valence-corrected chi connectivity index (χ4v) is 1.63. The van der Waals surface area contributed by atoms with Crippen molar-refractivity contribution in [2.75, 3.05) is 6.54 Å². The van der Waals surface area contributed by atoms with Gasteiger partial charge in [0, 0.05) is 31.9 Å². The third kappa shape index (κ3) is 4.47. The summed E-state index contributed by atoms with van der Waals surface area (Å²) >= 11 is 0. The van der Waals surface area contributed by atoms with Crippen molar-refractivity contribution in [2.45, 2.75) is 39.7 Å². The van der Waals surface area contributed by atoms with Crippen LogP contribution in [0, 0.1) is 5.92 Å². The van der Waals surface area contributed by atoms with Crippen LogP contribution >= 0.6 is 0 Å². The highest BCUT2D eigenvalue weighted by Gasteiger charge is 2.07. The number of rotatable bonds is 6. The van der Waals surface area contributed by atoms with Crippen LogP contribution in [-0.2, 0) is 13.5 Å². The van der Waals surface area contributed by atoms with Crippen LogP contribution in [0.15, 0.2) is 12.4 Å². The number of nitrogens with one attached hydrogen (secondary N) is 1. The minimum atomic E-state index is 0.588. The van der Waals surface area contributed by atoms with E-state index in [1.807, 2.05) is 12.4 Å². The van der Waals surface area contributed by atoms with Crippen molar-refractivity contribution >= 4 is 0 Å². The molecule has 1 heterocycles. The molecule has 1 rings (SSSR count). The second-order valence-corrected chi connectivity index (χ2v) is 4.66. The number of hydrogen-bond acceptors (Lipinski definition) is 2. The predicted octanol–water partition coefficient (Wildman–Crippen LogP) is 1.99. The summed E-state index contributed by atoms with van der Waals surface area (Å²) in [6.45, 7) is 7.76. The number of nitrogens with zero attached hydrogens (tertiary/aromatic N) is 2. The zero-order chi connectivity index (χ0) is 11.3. The van der Waals surface area contributed by atoms with Gasteiger partial charge in [-0.1, -0.05) is 20.8 Å². The van der Waals surface area contributed by atoms with Gasteiger partial charge in [-0.15, -0.1) is 0 Å². The zero-order valence-electron chi connectivity index (χ0n) is 10.3. The van der Waals surface area contributed by atoms with Crippen LogP contribution in [0.3, 0.4) is 0 Å². The smallest absolute Gasteiger partial charge is 0.108 e. The average molecular weight is 209 g/mol. The van der Waals surface area contributed by atoms with E-state index in [2.05, 4.69) is 42.7 Å². The second-order valence-electron chi connectivity index (χ2n) is 4.66. The van der Waals surface area contributed by atoms with Crippen molar-refractivity contribution in [1.82, 2.24) is 14.9 Å². The summed E-state index contributed by atoms with van der Waals surface area (Å²) in [6.07, 6.45) is 6.16. The Hall–Kier alpha value is -0.830. The van der Waals surface area contributed by atoms with Gasteiger partial charge >= 0.3 is 0 Å². The standard InChI is InChI=1S/C12H23N3/c1-10(2)13-6-5-11(3)9-12-14-7-8-15(12)4/h7-8,10-11,13H,5-6,9H2,1-4H3. The molecule has 0 amide bonds. The van der Waals surface area contributed by atoms with Crippen molar-refractivity contribution in [1.29, 1.82) is 0 Å². The first-order valence-corrected chi connectivity index (χ1v) is 5.79. The van der Waals surface area contributed by atoms with Gasteiger partial charge in [0.15, 0.2) is 0 Å². The largest absolute Gasteiger partial charge is 0.338 e. The first kappa shape index (κ1) is 12.2. The maximum Gasteiger partial charge on any atom is 0.108 e. The van der Waals surface area contributed by atoms with Gasteiger partial charge in [0.05, 0.1) is 0 Å². The van der Waals surface area contributed by atoms with Gasteiger partial charge in [-0.25, -0.2) is 4.98 Å². The Bertz CT molecular complexity index is 278. The second kappa shape index (κ2) is 5.91. The van der Waals surface area contributed by atoms with E-state index < -0.39 is 0 Å². The van der Waals surface area contributed by atoms with Crippen LogP contribution in [0.25, 0.3) is 0 Å². The molecule has 0 saturated carbocycles. The van der Waals surface area contributed by atoms with Crippen LogP contribution < -0.4 is 5.32 Å². The Morgan fingerprint density at radius 1 is 1.40 bits per heavy atom. The molecule has 0 fully saturated rings. The molecule has 0 radical (unpaired) electrons. The van der Waals surface area contributed by atoms with Crippen LogP contribution in [0.4, 0.5) is 0 Å². The molecule has 0 bridgehead atoms. The lowest BCUT2D eigenvalue weighted by molar-refractivity contribution is 0.465. The van der Waals surface area contributed by atoms with Crippen molar-refractivity contribution < 1.29 is 0 Å². The Morgan fingerprint density at radius 2 is 2.13 bits per heavy atom. The zero-order valence-corrected chi connectivity index (χ0v) is 10.3. The fourth-order valence-electron chi connectivity index (χ4n) is 1.63. The Kier molecular flexibility index (Phi) is 4.82. The molecule has 15 heavy (non-hydrogen) atoms. The molecule has 0 aliphatic rings. The molecular weight excluding hydrogens is 186 g/mol. The summed E-state index contributed by atoms with van der Waals surface area (Å²) in [5.41, 5.74) is 0. The molecular formula is C12H23N3. The van der Waals surface area contributed by atoms with E-state index >= 15 is 0 Å². The van der Waals surface area contributed by atoms with E-state index in [0.717, 1.165) is 13.0 Å². The molecule has 1 aromatic rings. The maximum atomic E-state index is 4.34. The summed E-state index contributed by atoms with van der Waals surface area (Å²) in [7, 11) is 2.06. The Labute approximate surface area is 92.9 Å². The van der Waals surface area contributed by atoms with Crippen molar-refractivity contribution in [3.05, 3.63) is 18.2 Å². The van der Waals surface area contributed by atoms with Crippen molar-refractivity contribution in [3.8, 4) is 0 Å². The van der Waals surface area contributed by atoms with Crippen LogP contribution in [0.2, 0.25) is 0 Å². The van der Waals surface area contributed by atoms with Gasteiger partial charge < -0.3 is 9.88 Å². The molecule has 0 aliphatic heterocycles. The van der Waals surface area contributed by atoms with Crippen molar-refractivity contribution in [2.24, 2.45) is 13.0 Å². The lowest BCUT2D eigenvalue weighted by Gasteiger charge is -2.13. The predicted molar refractivity (Wildman–Crippen MR) is 63.8 cm³/mol. The molecule has 0 aliphatic carbocycles. The molecule has 1 aromatic heterocycles. The maximum absolute atomic E-state index is 4.34. The molecule has 86 valence electrons. The van der Waals surface area contributed by atoms with Crippen LogP contribution in [0.5, 0.6) is 0 Å². The molecule has 0 saturated heterocycles. The van der Waals surface area contributed by atoms with Crippen LogP contribution in [-0.4, -0.2) is 22.1 Å². The average Bonchev–Trinajstić information content (AvgIpc) is 2.51. The van der Waals surface area contributed by atoms with Gasteiger partial charge in [-0.05, 0) is 18.9 Å². The summed E-state index contributed by atoms with van der Waals surface area (Å²) in [6, 6.07) is 0.588. The van der Waals surface area contributed by atoms with E-state index in [-0.39, 0.29) is 0 Å². The number of aromatic nitrogens is 2.